The number of hydrogen-bond acceptors (Lipinski definition) is 2. The Bertz CT molecular complexity index is 392. The standard InChI is InChI=1S/C16H24N2O/c1-13-8-10-15(11-9-13)18-16(19)12-17-14-6-4-2-3-5-7-14/h8-11,14,17H,2-7,12H2,1H3,(H,18,19). The second-order valence-electron chi connectivity index (χ2n) is 5.48. The van der Waals surface area contributed by atoms with Crippen LogP contribution in [0.25, 0.3) is 0 Å². The molecule has 1 fully saturated rings. The minimum absolute atomic E-state index is 0.0492. The van der Waals surface area contributed by atoms with Crippen molar-refractivity contribution in [2.75, 3.05) is 11.9 Å². The van der Waals surface area contributed by atoms with E-state index < -0.39 is 0 Å². The number of carbonyl (C=O) groups excluding carboxylic acids is 1. The van der Waals surface area contributed by atoms with E-state index in [4.69, 9.17) is 0 Å². The number of carbonyl (C=O) groups is 1. The van der Waals surface area contributed by atoms with Gasteiger partial charge >= 0.3 is 0 Å². The quantitative estimate of drug-likeness (QED) is 0.816. The number of benzene rings is 1. The van der Waals surface area contributed by atoms with Gasteiger partial charge in [-0.1, -0.05) is 43.4 Å². The van der Waals surface area contributed by atoms with Crippen LogP contribution in [-0.2, 0) is 4.79 Å². The molecule has 3 nitrogen and oxygen atoms in total. The van der Waals surface area contributed by atoms with Crippen molar-refractivity contribution in [3.8, 4) is 0 Å². The summed E-state index contributed by atoms with van der Waals surface area (Å²) in [6.07, 6.45) is 7.67. The third-order valence-corrected chi connectivity index (χ3v) is 3.74. The highest BCUT2D eigenvalue weighted by Gasteiger charge is 2.12. The highest BCUT2D eigenvalue weighted by atomic mass is 16.1. The lowest BCUT2D eigenvalue weighted by Gasteiger charge is -2.15. The first-order chi connectivity index (χ1) is 9.24. The van der Waals surface area contributed by atoms with Crippen molar-refractivity contribution < 1.29 is 4.79 Å². The van der Waals surface area contributed by atoms with Gasteiger partial charge in [0.05, 0.1) is 6.54 Å². The Morgan fingerprint density at radius 3 is 2.37 bits per heavy atom. The first-order valence-corrected chi connectivity index (χ1v) is 7.34. The highest BCUT2D eigenvalue weighted by Crippen LogP contribution is 2.17. The smallest absolute Gasteiger partial charge is 0.238 e. The number of anilines is 1. The van der Waals surface area contributed by atoms with Crippen LogP contribution in [0.15, 0.2) is 24.3 Å². The van der Waals surface area contributed by atoms with Crippen LogP contribution in [0.4, 0.5) is 5.69 Å². The summed E-state index contributed by atoms with van der Waals surface area (Å²) in [4.78, 5) is 11.9. The predicted octanol–water partition coefficient (Wildman–Crippen LogP) is 3.25. The summed E-state index contributed by atoms with van der Waals surface area (Å²) < 4.78 is 0. The summed E-state index contributed by atoms with van der Waals surface area (Å²) in [6, 6.07) is 8.42. The van der Waals surface area contributed by atoms with Gasteiger partial charge in [0.25, 0.3) is 0 Å². The molecule has 0 aromatic heterocycles. The van der Waals surface area contributed by atoms with Crippen LogP contribution in [0.2, 0.25) is 0 Å². The average molecular weight is 260 g/mol. The Morgan fingerprint density at radius 2 is 1.74 bits per heavy atom. The van der Waals surface area contributed by atoms with Gasteiger partial charge in [-0.25, -0.2) is 0 Å². The fourth-order valence-electron chi connectivity index (χ4n) is 2.56. The van der Waals surface area contributed by atoms with Crippen molar-refractivity contribution in [1.82, 2.24) is 5.32 Å². The van der Waals surface area contributed by atoms with Crippen LogP contribution >= 0.6 is 0 Å². The minimum atomic E-state index is 0.0492. The van der Waals surface area contributed by atoms with Crippen molar-refractivity contribution in [2.24, 2.45) is 0 Å². The molecule has 0 saturated heterocycles. The molecule has 3 heteroatoms. The molecular formula is C16H24N2O. The molecule has 19 heavy (non-hydrogen) atoms. The van der Waals surface area contributed by atoms with Gasteiger partial charge in [0, 0.05) is 11.7 Å². The van der Waals surface area contributed by atoms with Gasteiger partial charge in [-0.05, 0) is 31.9 Å². The van der Waals surface area contributed by atoms with E-state index in [1.807, 2.05) is 31.2 Å². The Hall–Kier alpha value is -1.35. The number of amides is 1. The van der Waals surface area contributed by atoms with Gasteiger partial charge < -0.3 is 10.6 Å². The van der Waals surface area contributed by atoms with Crippen LogP contribution in [0.3, 0.4) is 0 Å². The Labute approximate surface area is 115 Å². The Kier molecular flexibility index (Phi) is 5.40. The molecule has 0 aliphatic heterocycles. The molecule has 104 valence electrons. The summed E-state index contributed by atoms with van der Waals surface area (Å²) in [7, 11) is 0. The third kappa shape index (κ3) is 5.03. The van der Waals surface area contributed by atoms with Crippen LogP contribution < -0.4 is 10.6 Å². The second kappa shape index (κ2) is 7.29. The van der Waals surface area contributed by atoms with Gasteiger partial charge in [-0.2, -0.15) is 0 Å². The number of hydrogen-bond donors (Lipinski definition) is 2. The van der Waals surface area contributed by atoms with Gasteiger partial charge in [0.2, 0.25) is 5.91 Å². The van der Waals surface area contributed by atoms with E-state index in [1.165, 1.54) is 44.1 Å². The third-order valence-electron chi connectivity index (χ3n) is 3.74. The van der Waals surface area contributed by atoms with Crippen LogP contribution in [-0.4, -0.2) is 18.5 Å². The molecule has 2 rings (SSSR count). The predicted molar refractivity (Wildman–Crippen MR) is 79.3 cm³/mol. The van der Waals surface area contributed by atoms with Gasteiger partial charge in [0.1, 0.15) is 0 Å². The van der Waals surface area contributed by atoms with E-state index >= 15 is 0 Å². The van der Waals surface area contributed by atoms with Crippen molar-refractivity contribution in [1.29, 1.82) is 0 Å². The summed E-state index contributed by atoms with van der Waals surface area (Å²) in [5.74, 6) is 0.0492. The molecular weight excluding hydrogens is 236 g/mol. The van der Waals surface area contributed by atoms with Crippen LogP contribution in [0, 0.1) is 6.92 Å². The summed E-state index contributed by atoms with van der Waals surface area (Å²) in [6.45, 7) is 2.46. The molecule has 0 unspecified atom stereocenters. The van der Waals surface area contributed by atoms with Crippen molar-refractivity contribution in [3.05, 3.63) is 29.8 Å². The molecule has 0 spiro atoms. The molecule has 2 N–H and O–H groups in total. The summed E-state index contributed by atoms with van der Waals surface area (Å²) in [5, 5.41) is 6.30. The molecule has 0 radical (unpaired) electrons. The van der Waals surface area contributed by atoms with Crippen LogP contribution in [0.1, 0.15) is 44.1 Å². The molecule has 0 heterocycles. The normalized spacial score (nSPS) is 16.9. The Balaban J connectivity index is 1.73. The van der Waals surface area contributed by atoms with E-state index in [0.29, 0.717) is 12.6 Å². The topological polar surface area (TPSA) is 41.1 Å². The molecule has 1 aromatic carbocycles. The van der Waals surface area contributed by atoms with Gasteiger partial charge in [-0.15, -0.1) is 0 Å². The fourth-order valence-corrected chi connectivity index (χ4v) is 2.56. The monoisotopic (exact) mass is 260 g/mol. The largest absolute Gasteiger partial charge is 0.325 e. The SMILES string of the molecule is Cc1ccc(NC(=O)CNC2CCCCCC2)cc1. The van der Waals surface area contributed by atoms with Gasteiger partial charge in [0.15, 0.2) is 0 Å². The number of aryl methyl sites for hydroxylation is 1. The highest BCUT2D eigenvalue weighted by molar-refractivity contribution is 5.92. The molecule has 1 saturated carbocycles. The van der Waals surface area contributed by atoms with Gasteiger partial charge in [-0.3, -0.25) is 4.79 Å². The van der Waals surface area contributed by atoms with Crippen molar-refractivity contribution >= 4 is 11.6 Å². The van der Waals surface area contributed by atoms with E-state index in [0.717, 1.165) is 5.69 Å². The number of rotatable bonds is 4. The average Bonchev–Trinajstić information content (AvgIpc) is 2.68. The van der Waals surface area contributed by atoms with Crippen molar-refractivity contribution in [3.63, 3.8) is 0 Å². The van der Waals surface area contributed by atoms with E-state index in [2.05, 4.69) is 10.6 Å². The molecule has 1 aliphatic carbocycles. The molecule has 1 amide bonds. The van der Waals surface area contributed by atoms with E-state index in [9.17, 15) is 4.79 Å². The summed E-state index contributed by atoms with van der Waals surface area (Å²) >= 11 is 0. The lowest BCUT2D eigenvalue weighted by atomic mass is 10.1. The maximum Gasteiger partial charge on any atom is 0.238 e. The van der Waals surface area contributed by atoms with E-state index in [-0.39, 0.29) is 5.91 Å². The molecule has 1 aliphatic rings. The summed E-state index contributed by atoms with van der Waals surface area (Å²) in [5.41, 5.74) is 2.08. The maximum absolute atomic E-state index is 11.9. The zero-order valence-corrected chi connectivity index (χ0v) is 11.7. The first-order valence-electron chi connectivity index (χ1n) is 7.34. The molecule has 0 bridgehead atoms. The Morgan fingerprint density at radius 1 is 1.11 bits per heavy atom. The zero-order chi connectivity index (χ0) is 13.5. The van der Waals surface area contributed by atoms with Crippen molar-refractivity contribution in [2.45, 2.75) is 51.5 Å². The fraction of sp³-hybridized carbons (Fsp3) is 0.562. The second-order valence-corrected chi connectivity index (χ2v) is 5.48. The number of nitrogens with one attached hydrogen (secondary N) is 2. The zero-order valence-electron chi connectivity index (χ0n) is 11.7. The molecule has 1 aromatic rings. The van der Waals surface area contributed by atoms with Crippen LogP contribution in [0.5, 0.6) is 0 Å². The molecule has 0 atom stereocenters. The minimum Gasteiger partial charge on any atom is -0.325 e. The lowest BCUT2D eigenvalue weighted by molar-refractivity contribution is -0.115. The first kappa shape index (κ1) is 14.1. The lowest BCUT2D eigenvalue weighted by Crippen LogP contribution is -2.35. The maximum atomic E-state index is 11.9. The van der Waals surface area contributed by atoms with E-state index in [1.54, 1.807) is 0 Å².